The Kier molecular flexibility index (Phi) is 5.69. The standard InChI is InChI=1S/C43H28S/c1-27-24-39(30-20-18-29(19-21-30)28-10-3-2-4-11-28)43-41(25-27)38-17-9-16-32(42(38)44-43)31-22-23-37-35-14-6-5-12-33(35)34-13-7-8-15-36(34)40(37)26-31/h2-26H,1H3. The predicted molar refractivity (Wildman–Crippen MR) is 193 cm³/mol. The molecule has 44 heavy (non-hydrogen) atoms. The molecule has 1 aromatic heterocycles. The molecular weight excluding hydrogens is 549 g/mol. The molecule has 0 atom stereocenters. The smallest absolute Gasteiger partial charge is 0.0434 e. The van der Waals surface area contributed by atoms with Gasteiger partial charge in [0.1, 0.15) is 0 Å². The molecule has 9 aromatic rings. The van der Waals surface area contributed by atoms with Crippen molar-refractivity contribution in [2.75, 3.05) is 0 Å². The maximum Gasteiger partial charge on any atom is 0.0434 e. The van der Waals surface area contributed by atoms with Gasteiger partial charge < -0.3 is 0 Å². The molecule has 206 valence electrons. The number of hydrogen-bond donors (Lipinski definition) is 0. The van der Waals surface area contributed by atoms with Crippen LogP contribution in [0.1, 0.15) is 5.56 Å². The van der Waals surface area contributed by atoms with Gasteiger partial charge in [0.15, 0.2) is 0 Å². The second-order valence-corrected chi connectivity index (χ2v) is 12.8. The first-order chi connectivity index (χ1) is 21.7. The quantitative estimate of drug-likeness (QED) is 0.184. The molecule has 0 saturated carbocycles. The van der Waals surface area contributed by atoms with E-state index in [0.29, 0.717) is 0 Å². The van der Waals surface area contributed by atoms with E-state index in [2.05, 4.69) is 159 Å². The van der Waals surface area contributed by atoms with Crippen LogP contribution in [0, 0.1) is 6.92 Å². The van der Waals surface area contributed by atoms with Crippen LogP contribution in [0.25, 0.3) is 85.9 Å². The molecule has 0 bridgehead atoms. The molecule has 0 aliphatic heterocycles. The summed E-state index contributed by atoms with van der Waals surface area (Å²) < 4.78 is 2.70. The van der Waals surface area contributed by atoms with Gasteiger partial charge in [0.2, 0.25) is 0 Å². The Labute approximate surface area is 260 Å². The summed E-state index contributed by atoms with van der Waals surface area (Å²) in [6, 6.07) is 55.9. The molecule has 0 saturated heterocycles. The van der Waals surface area contributed by atoms with Crippen LogP contribution in [-0.2, 0) is 0 Å². The van der Waals surface area contributed by atoms with Crippen LogP contribution >= 0.6 is 11.3 Å². The molecule has 0 unspecified atom stereocenters. The summed E-state index contributed by atoms with van der Waals surface area (Å²) in [5, 5.41) is 10.5. The molecule has 0 N–H and O–H groups in total. The maximum atomic E-state index is 2.41. The summed E-state index contributed by atoms with van der Waals surface area (Å²) in [6.07, 6.45) is 0. The molecule has 0 nitrogen and oxygen atoms in total. The van der Waals surface area contributed by atoms with Crippen molar-refractivity contribution in [3.8, 4) is 33.4 Å². The van der Waals surface area contributed by atoms with Crippen molar-refractivity contribution in [3.63, 3.8) is 0 Å². The van der Waals surface area contributed by atoms with Gasteiger partial charge in [-0.3, -0.25) is 0 Å². The molecule has 0 aliphatic rings. The Morgan fingerprint density at radius 2 is 0.841 bits per heavy atom. The summed E-state index contributed by atoms with van der Waals surface area (Å²) in [5.41, 5.74) is 8.91. The summed E-state index contributed by atoms with van der Waals surface area (Å²) in [5.74, 6) is 0. The number of fused-ring (bicyclic) bond motifs is 9. The lowest BCUT2D eigenvalue weighted by Gasteiger charge is -2.12. The number of aryl methyl sites for hydroxylation is 1. The zero-order valence-electron chi connectivity index (χ0n) is 24.3. The Hall–Kier alpha value is -5.24. The minimum absolute atomic E-state index is 1.24. The Morgan fingerprint density at radius 1 is 0.318 bits per heavy atom. The molecule has 9 rings (SSSR count). The van der Waals surface area contributed by atoms with E-state index in [1.807, 2.05) is 11.3 Å². The lowest BCUT2D eigenvalue weighted by molar-refractivity contribution is 1.51. The molecule has 1 heterocycles. The van der Waals surface area contributed by atoms with E-state index in [4.69, 9.17) is 0 Å². The average Bonchev–Trinajstić information content (AvgIpc) is 3.47. The van der Waals surface area contributed by atoms with Gasteiger partial charge in [0.05, 0.1) is 0 Å². The summed E-state index contributed by atoms with van der Waals surface area (Å²) in [7, 11) is 0. The topological polar surface area (TPSA) is 0 Å². The van der Waals surface area contributed by atoms with Gasteiger partial charge in [0, 0.05) is 20.2 Å². The fourth-order valence-electron chi connectivity index (χ4n) is 7.03. The van der Waals surface area contributed by atoms with Crippen LogP contribution in [0.4, 0.5) is 0 Å². The first-order valence-electron chi connectivity index (χ1n) is 15.2. The van der Waals surface area contributed by atoms with Crippen LogP contribution in [0.3, 0.4) is 0 Å². The van der Waals surface area contributed by atoms with Crippen molar-refractivity contribution in [3.05, 3.63) is 157 Å². The fraction of sp³-hybridized carbons (Fsp3) is 0.0233. The minimum Gasteiger partial charge on any atom is -0.134 e. The van der Waals surface area contributed by atoms with Gasteiger partial charge in [0.25, 0.3) is 0 Å². The third-order valence-electron chi connectivity index (χ3n) is 9.10. The van der Waals surface area contributed by atoms with E-state index in [9.17, 15) is 0 Å². The first kappa shape index (κ1) is 25.3. The Morgan fingerprint density at radius 3 is 1.55 bits per heavy atom. The van der Waals surface area contributed by atoms with E-state index < -0.39 is 0 Å². The summed E-state index contributed by atoms with van der Waals surface area (Å²) in [4.78, 5) is 0. The first-order valence-corrected chi connectivity index (χ1v) is 16.0. The summed E-state index contributed by atoms with van der Waals surface area (Å²) in [6.45, 7) is 2.22. The molecule has 0 radical (unpaired) electrons. The van der Waals surface area contributed by atoms with Crippen molar-refractivity contribution in [1.82, 2.24) is 0 Å². The van der Waals surface area contributed by atoms with E-state index in [-0.39, 0.29) is 0 Å². The van der Waals surface area contributed by atoms with Gasteiger partial charge in [-0.15, -0.1) is 11.3 Å². The maximum absolute atomic E-state index is 2.41. The SMILES string of the molecule is Cc1cc(-c2ccc(-c3ccccc3)cc2)c2sc3c(-c4ccc5c6ccccc6c6ccccc6c5c4)cccc3c2c1. The van der Waals surface area contributed by atoms with Crippen molar-refractivity contribution in [2.24, 2.45) is 0 Å². The predicted octanol–water partition coefficient (Wildman–Crippen LogP) is 12.8. The zero-order valence-corrected chi connectivity index (χ0v) is 25.2. The van der Waals surface area contributed by atoms with Gasteiger partial charge in [-0.05, 0) is 96.4 Å². The third-order valence-corrected chi connectivity index (χ3v) is 10.4. The second-order valence-electron chi connectivity index (χ2n) is 11.8. The van der Waals surface area contributed by atoms with Gasteiger partial charge in [-0.2, -0.15) is 0 Å². The van der Waals surface area contributed by atoms with Gasteiger partial charge in [-0.25, -0.2) is 0 Å². The van der Waals surface area contributed by atoms with E-state index >= 15 is 0 Å². The van der Waals surface area contributed by atoms with Crippen LogP contribution < -0.4 is 0 Å². The highest BCUT2D eigenvalue weighted by Gasteiger charge is 2.16. The zero-order chi connectivity index (χ0) is 29.2. The van der Waals surface area contributed by atoms with E-state index in [0.717, 1.165) is 0 Å². The summed E-state index contributed by atoms with van der Waals surface area (Å²) >= 11 is 1.93. The second kappa shape index (κ2) is 9.91. The highest BCUT2D eigenvalue weighted by Crippen LogP contribution is 2.45. The highest BCUT2D eigenvalue weighted by molar-refractivity contribution is 7.26. The molecule has 0 spiro atoms. The van der Waals surface area contributed by atoms with Crippen LogP contribution in [0.2, 0.25) is 0 Å². The van der Waals surface area contributed by atoms with Crippen LogP contribution in [0.5, 0.6) is 0 Å². The molecular formula is C43H28S. The highest BCUT2D eigenvalue weighted by atomic mass is 32.1. The van der Waals surface area contributed by atoms with E-state index in [1.165, 1.54) is 91.4 Å². The number of rotatable bonds is 3. The molecule has 1 heteroatoms. The number of benzene rings is 8. The average molecular weight is 577 g/mol. The van der Waals surface area contributed by atoms with Crippen LogP contribution in [-0.4, -0.2) is 0 Å². The lowest BCUT2D eigenvalue weighted by Crippen LogP contribution is -1.85. The lowest BCUT2D eigenvalue weighted by atomic mass is 9.92. The Bertz CT molecular complexity index is 2500. The molecule has 0 aliphatic carbocycles. The third kappa shape index (κ3) is 3.90. The minimum atomic E-state index is 1.24. The van der Waals surface area contributed by atoms with Crippen molar-refractivity contribution < 1.29 is 0 Å². The van der Waals surface area contributed by atoms with Gasteiger partial charge in [-0.1, -0.05) is 133 Å². The number of hydrogen-bond acceptors (Lipinski definition) is 1. The molecule has 8 aromatic carbocycles. The largest absolute Gasteiger partial charge is 0.134 e. The number of thiophene rings is 1. The van der Waals surface area contributed by atoms with Crippen molar-refractivity contribution in [1.29, 1.82) is 0 Å². The van der Waals surface area contributed by atoms with Gasteiger partial charge >= 0.3 is 0 Å². The monoisotopic (exact) mass is 576 g/mol. The van der Waals surface area contributed by atoms with Crippen LogP contribution in [0.15, 0.2) is 152 Å². The Balaban J connectivity index is 1.25. The van der Waals surface area contributed by atoms with E-state index in [1.54, 1.807) is 0 Å². The molecule has 0 fully saturated rings. The van der Waals surface area contributed by atoms with Crippen molar-refractivity contribution >= 4 is 63.8 Å². The van der Waals surface area contributed by atoms with Crippen molar-refractivity contribution in [2.45, 2.75) is 6.92 Å². The normalized spacial score (nSPS) is 11.8. The molecule has 0 amide bonds. The fourth-order valence-corrected chi connectivity index (χ4v) is 8.39.